The molecule has 0 bridgehead atoms. The van der Waals surface area contributed by atoms with Crippen molar-refractivity contribution in [2.75, 3.05) is 32.1 Å². The summed E-state index contributed by atoms with van der Waals surface area (Å²) >= 11 is 0. The highest BCUT2D eigenvalue weighted by atomic mass is 16.3. The van der Waals surface area contributed by atoms with Crippen LogP contribution in [0.2, 0.25) is 0 Å². The molecule has 2 aromatic rings. The molecule has 140 valence electrons. The minimum atomic E-state index is -1.02. The van der Waals surface area contributed by atoms with Crippen LogP contribution in [0.25, 0.3) is 11.1 Å². The van der Waals surface area contributed by atoms with Crippen molar-refractivity contribution in [2.24, 2.45) is 0 Å². The largest absolute Gasteiger partial charge is 0.396 e. The molecule has 1 atom stereocenters. The van der Waals surface area contributed by atoms with Crippen molar-refractivity contribution in [2.45, 2.75) is 25.4 Å². The van der Waals surface area contributed by atoms with Crippen molar-refractivity contribution < 1.29 is 15.0 Å². The lowest BCUT2D eigenvalue weighted by Gasteiger charge is -2.23. The summed E-state index contributed by atoms with van der Waals surface area (Å²) in [7, 11) is 4.01. The number of carbonyl (C=O) groups excluding carboxylic acids is 1. The summed E-state index contributed by atoms with van der Waals surface area (Å²) in [5, 5.41) is 21.8. The fourth-order valence-electron chi connectivity index (χ4n) is 2.83. The summed E-state index contributed by atoms with van der Waals surface area (Å²) in [6.07, 6.45) is 0.937. The van der Waals surface area contributed by atoms with Gasteiger partial charge in [0.25, 0.3) is 5.91 Å². The van der Waals surface area contributed by atoms with E-state index in [-0.39, 0.29) is 19.1 Å². The van der Waals surface area contributed by atoms with Gasteiger partial charge in [0, 0.05) is 44.1 Å². The van der Waals surface area contributed by atoms with E-state index in [2.05, 4.69) is 22.3 Å². The van der Waals surface area contributed by atoms with E-state index < -0.39 is 5.60 Å². The highest BCUT2D eigenvalue weighted by Gasteiger charge is 2.21. The monoisotopic (exact) mass is 356 g/mol. The summed E-state index contributed by atoms with van der Waals surface area (Å²) in [4.78, 5) is 14.4. The Labute approximate surface area is 155 Å². The average Bonchev–Trinajstić information content (AvgIpc) is 2.64. The zero-order valence-corrected chi connectivity index (χ0v) is 15.7. The van der Waals surface area contributed by atoms with Crippen molar-refractivity contribution in [3.05, 3.63) is 54.1 Å². The van der Waals surface area contributed by atoms with Crippen LogP contribution in [0.15, 0.2) is 48.5 Å². The Morgan fingerprint density at radius 3 is 2.38 bits per heavy atom. The van der Waals surface area contributed by atoms with E-state index in [1.165, 1.54) is 0 Å². The van der Waals surface area contributed by atoms with E-state index in [0.717, 1.165) is 16.8 Å². The summed E-state index contributed by atoms with van der Waals surface area (Å²) in [5.74, 6) is -0.221. The third-order valence-electron chi connectivity index (χ3n) is 4.35. The van der Waals surface area contributed by atoms with Gasteiger partial charge in [-0.1, -0.05) is 30.3 Å². The maximum absolute atomic E-state index is 12.3. The second-order valence-corrected chi connectivity index (χ2v) is 7.00. The number of amides is 1. The average molecular weight is 356 g/mol. The van der Waals surface area contributed by atoms with Gasteiger partial charge in [-0.15, -0.1) is 0 Å². The van der Waals surface area contributed by atoms with Crippen LogP contribution in [0.1, 0.15) is 30.1 Å². The molecule has 2 aromatic carbocycles. The first-order valence-electron chi connectivity index (χ1n) is 8.82. The van der Waals surface area contributed by atoms with Crippen LogP contribution in [0.5, 0.6) is 0 Å². The van der Waals surface area contributed by atoms with E-state index >= 15 is 0 Å². The molecule has 0 fully saturated rings. The zero-order chi connectivity index (χ0) is 19.2. The van der Waals surface area contributed by atoms with Crippen molar-refractivity contribution in [1.82, 2.24) is 5.32 Å². The molecular formula is C21H28N2O3. The number of nitrogens with one attached hydrogen (secondary N) is 1. The van der Waals surface area contributed by atoms with Crippen LogP contribution in [-0.2, 0) is 0 Å². The Balaban J connectivity index is 2.07. The molecule has 0 spiro atoms. The Hall–Kier alpha value is -2.37. The molecule has 0 aliphatic heterocycles. The molecule has 0 heterocycles. The van der Waals surface area contributed by atoms with Gasteiger partial charge in [-0.2, -0.15) is 0 Å². The van der Waals surface area contributed by atoms with Crippen LogP contribution in [-0.4, -0.2) is 49.0 Å². The van der Waals surface area contributed by atoms with Crippen LogP contribution in [0, 0.1) is 0 Å². The van der Waals surface area contributed by atoms with Gasteiger partial charge < -0.3 is 20.4 Å². The van der Waals surface area contributed by atoms with Crippen LogP contribution < -0.4 is 10.2 Å². The molecule has 0 aliphatic rings. The van der Waals surface area contributed by atoms with Crippen LogP contribution in [0.4, 0.5) is 5.69 Å². The fourth-order valence-corrected chi connectivity index (χ4v) is 2.83. The maximum Gasteiger partial charge on any atom is 0.251 e. The van der Waals surface area contributed by atoms with Crippen molar-refractivity contribution in [3.8, 4) is 11.1 Å². The van der Waals surface area contributed by atoms with Gasteiger partial charge >= 0.3 is 0 Å². The third kappa shape index (κ3) is 5.31. The van der Waals surface area contributed by atoms with Gasteiger partial charge in [0.1, 0.15) is 0 Å². The number of aliphatic hydroxyl groups excluding tert-OH is 1. The third-order valence-corrected chi connectivity index (χ3v) is 4.35. The summed E-state index contributed by atoms with van der Waals surface area (Å²) < 4.78 is 0. The lowest BCUT2D eigenvalue weighted by atomic mass is 9.99. The van der Waals surface area contributed by atoms with Gasteiger partial charge in [0.05, 0.1) is 5.60 Å². The lowest BCUT2D eigenvalue weighted by Crippen LogP contribution is -2.40. The van der Waals surface area contributed by atoms with E-state index in [1.54, 1.807) is 19.1 Å². The SMILES string of the molecule is CN(C)c1ccccc1-c1ccc(C(=O)NCC(C)(O)CCCO)cc1. The van der Waals surface area contributed by atoms with Gasteiger partial charge in [0.15, 0.2) is 0 Å². The first-order valence-corrected chi connectivity index (χ1v) is 8.82. The number of carbonyl (C=O) groups is 1. The lowest BCUT2D eigenvalue weighted by molar-refractivity contribution is 0.0415. The van der Waals surface area contributed by atoms with E-state index in [4.69, 9.17) is 5.11 Å². The minimum absolute atomic E-state index is 0.0278. The fraction of sp³-hybridized carbons (Fsp3) is 0.381. The summed E-state index contributed by atoms with van der Waals surface area (Å²) in [6.45, 7) is 1.83. The Morgan fingerprint density at radius 2 is 1.77 bits per heavy atom. The number of rotatable bonds is 8. The molecule has 1 amide bonds. The van der Waals surface area contributed by atoms with Gasteiger partial charge in [-0.3, -0.25) is 4.79 Å². The van der Waals surface area contributed by atoms with Crippen molar-refractivity contribution in [1.29, 1.82) is 0 Å². The number of aliphatic hydroxyl groups is 2. The maximum atomic E-state index is 12.3. The summed E-state index contributed by atoms with van der Waals surface area (Å²) in [5.41, 5.74) is 2.79. The number of nitrogens with zero attached hydrogens (tertiary/aromatic N) is 1. The number of benzene rings is 2. The number of para-hydroxylation sites is 1. The van der Waals surface area contributed by atoms with E-state index in [1.807, 2.05) is 38.4 Å². The molecule has 0 saturated heterocycles. The normalized spacial score (nSPS) is 13.1. The molecule has 1 unspecified atom stereocenters. The molecule has 0 aliphatic carbocycles. The highest BCUT2D eigenvalue weighted by molar-refractivity contribution is 5.95. The topological polar surface area (TPSA) is 72.8 Å². The smallest absolute Gasteiger partial charge is 0.251 e. The predicted octanol–water partition coefficient (Wildman–Crippen LogP) is 2.67. The first-order chi connectivity index (χ1) is 12.3. The highest BCUT2D eigenvalue weighted by Crippen LogP contribution is 2.29. The molecule has 5 heteroatoms. The zero-order valence-electron chi connectivity index (χ0n) is 15.7. The number of hydrogen-bond donors (Lipinski definition) is 3. The Kier molecular flexibility index (Phi) is 6.77. The summed E-state index contributed by atoms with van der Waals surface area (Å²) in [6, 6.07) is 15.6. The van der Waals surface area contributed by atoms with Crippen LogP contribution in [0.3, 0.4) is 0 Å². The van der Waals surface area contributed by atoms with Crippen molar-refractivity contribution >= 4 is 11.6 Å². The molecule has 5 nitrogen and oxygen atoms in total. The Bertz CT molecular complexity index is 724. The molecule has 0 saturated carbocycles. The molecule has 2 rings (SSSR count). The molecule has 26 heavy (non-hydrogen) atoms. The van der Waals surface area contributed by atoms with Gasteiger partial charge in [-0.05, 0) is 43.5 Å². The molecule has 0 aromatic heterocycles. The minimum Gasteiger partial charge on any atom is -0.396 e. The van der Waals surface area contributed by atoms with Gasteiger partial charge in [-0.25, -0.2) is 0 Å². The first kappa shape index (κ1) is 19.9. The second-order valence-electron chi connectivity index (χ2n) is 7.00. The van der Waals surface area contributed by atoms with Crippen molar-refractivity contribution in [3.63, 3.8) is 0 Å². The second kappa shape index (κ2) is 8.83. The number of anilines is 1. The predicted molar refractivity (Wildman–Crippen MR) is 105 cm³/mol. The van der Waals surface area contributed by atoms with E-state index in [0.29, 0.717) is 18.4 Å². The molecule has 3 N–H and O–H groups in total. The quantitative estimate of drug-likeness (QED) is 0.680. The standard InChI is InChI=1S/C21H28N2O3/c1-21(26,13-6-14-24)15-22-20(25)17-11-9-16(10-12-17)18-7-4-5-8-19(18)23(2)3/h4-5,7-12,24,26H,6,13-15H2,1-3H3,(H,22,25). The Morgan fingerprint density at radius 1 is 1.12 bits per heavy atom. The van der Waals surface area contributed by atoms with E-state index in [9.17, 15) is 9.90 Å². The van der Waals surface area contributed by atoms with Gasteiger partial charge in [0.2, 0.25) is 0 Å². The molecule has 0 radical (unpaired) electrons. The molecular weight excluding hydrogens is 328 g/mol. The van der Waals surface area contributed by atoms with Crippen LogP contribution >= 0.6 is 0 Å². The number of hydrogen-bond acceptors (Lipinski definition) is 4.